The summed E-state index contributed by atoms with van der Waals surface area (Å²) in [6.45, 7) is 5.21. The number of aliphatic hydroxyl groups excluding tert-OH is 5. The Bertz CT molecular complexity index is 423. The first kappa shape index (κ1) is 29.8. The highest BCUT2D eigenvalue weighted by Gasteiger charge is 2.49. The average molecular weight is 463 g/mol. The molecule has 7 nitrogen and oxygen atoms in total. The summed E-state index contributed by atoms with van der Waals surface area (Å²) in [6, 6.07) is 0. The Labute approximate surface area is 195 Å². The van der Waals surface area contributed by atoms with Gasteiger partial charge in [-0.05, 0) is 12.3 Å². The van der Waals surface area contributed by atoms with Gasteiger partial charge in [-0.15, -0.1) is 0 Å². The third-order valence-corrected chi connectivity index (χ3v) is 6.55. The molecule has 0 heterocycles. The van der Waals surface area contributed by atoms with E-state index in [1.54, 1.807) is 0 Å². The van der Waals surface area contributed by atoms with Crippen LogP contribution in [0.4, 0.5) is 0 Å². The van der Waals surface area contributed by atoms with E-state index in [1.165, 1.54) is 70.6 Å². The normalized spacial score (nSPS) is 26.0. The van der Waals surface area contributed by atoms with Crippen LogP contribution in [0.1, 0.15) is 97.3 Å². The molecule has 0 aromatic heterocycles. The Kier molecular flexibility index (Phi) is 16.8. The van der Waals surface area contributed by atoms with Gasteiger partial charge in [0.25, 0.3) is 0 Å². The number of unbranched alkanes of at least 4 members (excludes halogenated alkanes) is 9. The number of hydrogen-bond donors (Lipinski definition) is 5. The summed E-state index contributed by atoms with van der Waals surface area (Å²) < 4.78 is 10.7. The predicted molar refractivity (Wildman–Crippen MR) is 125 cm³/mol. The molecular formula is C25H50O7. The Balaban J connectivity index is 1.87. The zero-order chi connectivity index (χ0) is 23.8. The van der Waals surface area contributed by atoms with Gasteiger partial charge in [0.05, 0.1) is 13.2 Å². The predicted octanol–water partition coefficient (Wildman–Crippen LogP) is 2.93. The standard InChI is InChI=1S/C25H50O7/c1-3-4-5-11-14-19(2)15-12-9-7-6-8-10-13-16-31-17-20(26)18-32-25-23(29)21(27)22(28)24(25)30/h19-30H,3-18H2,1-2H3/t19?,20-,21-,22-,23+,24+/m1/s1. The molecular weight excluding hydrogens is 412 g/mol. The van der Waals surface area contributed by atoms with Crippen LogP contribution < -0.4 is 0 Å². The monoisotopic (exact) mass is 462 g/mol. The smallest absolute Gasteiger partial charge is 0.115 e. The molecule has 0 saturated heterocycles. The van der Waals surface area contributed by atoms with Crippen LogP contribution in [-0.4, -0.2) is 82.0 Å². The van der Waals surface area contributed by atoms with Crippen LogP contribution in [0.3, 0.4) is 0 Å². The van der Waals surface area contributed by atoms with Gasteiger partial charge in [-0.2, -0.15) is 0 Å². The van der Waals surface area contributed by atoms with Gasteiger partial charge in [-0.25, -0.2) is 0 Å². The van der Waals surface area contributed by atoms with Gasteiger partial charge in [0, 0.05) is 6.61 Å². The van der Waals surface area contributed by atoms with Gasteiger partial charge in [-0.3, -0.25) is 0 Å². The van der Waals surface area contributed by atoms with Crippen molar-refractivity contribution < 1.29 is 35.0 Å². The van der Waals surface area contributed by atoms with Gasteiger partial charge in [0.1, 0.15) is 36.6 Å². The fraction of sp³-hybridized carbons (Fsp3) is 1.00. The minimum Gasteiger partial charge on any atom is -0.388 e. The Morgan fingerprint density at radius 3 is 1.72 bits per heavy atom. The maximum atomic E-state index is 9.91. The van der Waals surface area contributed by atoms with Crippen LogP contribution >= 0.6 is 0 Å². The molecule has 7 heteroatoms. The maximum Gasteiger partial charge on any atom is 0.115 e. The largest absolute Gasteiger partial charge is 0.388 e. The first-order valence-electron chi connectivity index (χ1n) is 13.0. The molecule has 0 spiro atoms. The molecule has 0 amide bonds. The molecule has 1 fully saturated rings. The number of ether oxygens (including phenoxy) is 2. The molecule has 0 aliphatic heterocycles. The van der Waals surface area contributed by atoms with E-state index in [4.69, 9.17) is 9.47 Å². The highest BCUT2D eigenvalue weighted by molar-refractivity contribution is 4.99. The first-order valence-corrected chi connectivity index (χ1v) is 13.0. The average Bonchev–Trinajstić information content (AvgIpc) is 2.96. The summed E-state index contributed by atoms with van der Waals surface area (Å²) in [6.07, 6.45) is 9.10. The highest BCUT2D eigenvalue weighted by Crippen LogP contribution is 2.24. The molecule has 192 valence electrons. The molecule has 32 heavy (non-hydrogen) atoms. The molecule has 1 unspecified atom stereocenters. The van der Waals surface area contributed by atoms with E-state index in [0.29, 0.717) is 6.61 Å². The molecule has 1 rings (SSSR count). The lowest BCUT2D eigenvalue weighted by Crippen LogP contribution is -2.38. The Hall–Kier alpha value is -0.280. The highest BCUT2D eigenvalue weighted by atomic mass is 16.5. The van der Waals surface area contributed by atoms with Gasteiger partial charge in [-0.1, -0.05) is 90.9 Å². The molecule has 0 aromatic carbocycles. The summed E-state index contributed by atoms with van der Waals surface area (Å²) in [4.78, 5) is 0. The van der Waals surface area contributed by atoms with Crippen LogP contribution in [0.15, 0.2) is 0 Å². The van der Waals surface area contributed by atoms with Crippen molar-refractivity contribution in [2.45, 2.75) is 134 Å². The lowest BCUT2D eigenvalue weighted by molar-refractivity contribution is -0.113. The topological polar surface area (TPSA) is 120 Å². The Morgan fingerprint density at radius 2 is 1.16 bits per heavy atom. The van der Waals surface area contributed by atoms with E-state index in [1.807, 2.05) is 0 Å². The van der Waals surface area contributed by atoms with Gasteiger partial charge >= 0.3 is 0 Å². The van der Waals surface area contributed by atoms with E-state index >= 15 is 0 Å². The SMILES string of the molecule is CCCCCCC(C)CCCCCCCCCOC[C@@H](O)COC1[C@@H](O)[C@H](O)[C@@H](O)[C@@H]1O. The van der Waals surface area contributed by atoms with E-state index < -0.39 is 36.6 Å². The molecule has 1 aliphatic rings. The second kappa shape index (κ2) is 18.1. The molecule has 1 saturated carbocycles. The van der Waals surface area contributed by atoms with Crippen LogP contribution in [0.5, 0.6) is 0 Å². The quantitative estimate of drug-likeness (QED) is 0.176. The summed E-state index contributed by atoms with van der Waals surface area (Å²) in [7, 11) is 0. The number of hydrogen-bond acceptors (Lipinski definition) is 7. The molecule has 0 radical (unpaired) electrons. The molecule has 5 N–H and O–H groups in total. The summed E-state index contributed by atoms with van der Waals surface area (Å²) in [5, 5.41) is 48.4. The molecule has 0 bridgehead atoms. The summed E-state index contributed by atoms with van der Waals surface area (Å²) in [5.41, 5.74) is 0. The molecule has 6 atom stereocenters. The third-order valence-electron chi connectivity index (χ3n) is 6.55. The summed E-state index contributed by atoms with van der Waals surface area (Å²) >= 11 is 0. The van der Waals surface area contributed by atoms with Crippen LogP contribution in [0.2, 0.25) is 0 Å². The summed E-state index contributed by atoms with van der Waals surface area (Å²) in [5.74, 6) is 0.872. The minimum absolute atomic E-state index is 0.112. The van der Waals surface area contributed by atoms with Crippen molar-refractivity contribution in [1.82, 2.24) is 0 Å². The van der Waals surface area contributed by atoms with E-state index in [9.17, 15) is 25.5 Å². The van der Waals surface area contributed by atoms with Crippen molar-refractivity contribution in [3.8, 4) is 0 Å². The van der Waals surface area contributed by atoms with Crippen molar-refractivity contribution in [3.63, 3.8) is 0 Å². The lowest BCUT2D eigenvalue weighted by Gasteiger charge is -2.21. The Morgan fingerprint density at radius 1 is 0.656 bits per heavy atom. The van der Waals surface area contributed by atoms with E-state index in [-0.39, 0.29) is 13.2 Å². The fourth-order valence-corrected chi connectivity index (χ4v) is 4.33. The van der Waals surface area contributed by atoms with Crippen LogP contribution in [-0.2, 0) is 9.47 Å². The van der Waals surface area contributed by atoms with Crippen molar-refractivity contribution in [1.29, 1.82) is 0 Å². The van der Waals surface area contributed by atoms with Gasteiger partial charge < -0.3 is 35.0 Å². The van der Waals surface area contributed by atoms with Crippen LogP contribution in [0.25, 0.3) is 0 Å². The zero-order valence-electron chi connectivity index (χ0n) is 20.4. The van der Waals surface area contributed by atoms with Gasteiger partial charge in [0.2, 0.25) is 0 Å². The van der Waals surface area contributed by atoms with Crippen molar-refractivity contribution in [2.24, 2.45) is 5.92 Å². The van der Waals surface area contributed by atoms with Crippen molar-refractivity contribution in [3.05, 3.63) is 0 Å². The number of aliphatic hydroxyl groups is 5. The van der Waals surface area contributed by atoms with Gasteiger partial charge in [0.15, 0.2) is 0 Å². The zero-order valence-corrected chi connectivity index (χ0v) is 20.4. The number of rotatable bonds is 20. The first-order chi connectivity index (χ1) is 15.4. The maximum absolute atomic E-state index is 9.91. The minimum atomic E-state index is -1.45. The third kappa shape index (κ3) is 12.3. The second-order valence-electron chi connectivity index (χ2n) is 9.71. The van der Waals surface area contributed by atoms with Crippen LogP contribution in [0, 0.1) is 5.92 Å². The second-order valence-corrected chi connectivity index (χ2v) is 9.71. The molecule has 0 aromatic rings. The molecule has 1 aliphatic carbocycles. The van der Waals surface area contributed by atoms with Crippen molar-refractivity contribution in [2.75, 3.05) is 19.8 Å². The van der Waals surface area contributed by atoms with Crippen molar-refractivity contribution >= 4 is 0 Å². The van der Waals surface area contributed by atoms with E-state index in [2.05, 4.69) is 13.8 Å². The van der Waals surface area contributed by atoms with E-state index in [0.717, 1.165) is 18.8 Å². The lowest BCUT2D eigenvalue weighted by atomic mass is 9.96. The fourth-order valence-electron chi connectivity index (χ4n) is 4.33.